The Morgan fingerprint density at radius 3 is 2.80 bits per heavy atom. The Morgan fingerprint density at radius 1 is 1.24 bits per heavy atom. The summed E-state index contributed by atoms with van der Waals surface area (Å²) in [5.74, 6) is -0.387. The summed E-state index contributed by atoms with van der Waals surface area (Å²) in [6, 6.07) is 8.32. The highest BCUT2D eigenvalue weighted by Crippen LogP contribution is 2.29. The van der Waals surface area contributed by atoms with Crippen molar-refractivity contribution in [2.45, 2.75) is 31.7 Å². The fourth-order valence-electron chi connectivity index (χ4n) is 3.55. The predicted molar refractivity (Wildman–Crippen MR) is 89.1 cm³/mol. The highest BCUT2D eigenvalue weighted by molar-refractivity contribution is 6.11. The van der Waals surface area contributed by atoms with E-state index in [0.717, 1.165) is 24.2 Å². The van der Waals surface area contributed by atoms with E-state index in [1.165, 1.54) is 17.4 Å². The molecule has 1 fully saturated rings. The van der Waals surface area contributed by atoms with Gasteiger partial charge in [-0.3, -0.25) is 14.5 Å². The third kappa shape index (κ3) is 2.45. The maximum Gasteiger partial charge on any atom is 0.325 e. The zero-order valence-electron chi connectivity index (χ0n) is 13.9. The van der Waals surface area contributed by atoms with Crippen LogP contribution in [0.1, 0.15) is 40.6 Å². The third-order valence-electron chi connectivity index (χ3n) is 5.01. The van der Waals surface area contributed by atoms with Gasteiger partial charge in [-0.15, -0.1) is 0 Å². The van der Waals surface area contributed by atoms with Crippen LogP contribution in [-0.2, 0) is 23.2 Å². The van der Waals surface area contributed by atoms with Crippen molar-refractivity contribution in [3.8, 4) is 0 Å². The van der Waals surface area contributed by atoms with E-state index in [9.17, 15) is 14.4 Å². The minimum Gasteiger partial charge on any atom is -0.466 e. The summed E-state index contributed by atoms with van der Waals surface area (Å²) in [5, 5.41) is 2.62. The fraction of sp³-hybridized carbons (Fsp3) is 0.316. The zero-order valence-corrected chi connectivity index (χ0v) is 13.9. The van der Waals surface area contributed by atoms with Crippen LogP contribution in [0.4, 0.5) is 4.79 Å². The summed E-state index contributed by atoms with van der Waals surface area (Å²) < 4.78 is 5.28. The number of benzene rings is 1. The van der Waals surface area contributed by atoms with Gasteiger partial charge in [0.05, 0.1) is 12.8 Å². The lowest BCUT2D eigenvalue weighted by Crippen LogP contribution is -2.41. The van der Waals surface area contributed by atoms with Crippen LogP contribution >= 0.6 is 0 Å². The molecule has 4 rings (SSSR count). The van der Waals surface area contributed by atoms with Crippen LogP contribution < -0.4 is 5.32 Å². The molecule has 0 saturated carbocycles. The van der Waals surface area contributed by atoms with Crippen molar-refractivity contribution in [1.29, 1.82) is 0 Å². The molecule has 6 heteroatoms. The number of hydrogen-bond donors (Lipinski definition) is 1. The average Bonchev–Trinajstić information content (AvgIpc) is 3.31. The number of Topliss-reactive ketones (excluding diaryl/α,β-unsaturated/α-hetero) is 1. The summed E-state index contributed by atoms with van der Waals surface area (Å²) in [4.78, 5) is 38.5. The van der Waals surface area contributed by atoms with Crippen molar-refractivity contribution in [1.82, 2.24) is 10.2 Å². The van der Waals surface area contributed by atoms with Crippen LogP contribution in [0.2, 0.25) is 0 Å². The monoisotopic (exact) mass is 338 g/mol. The summed E-state index contributed by atoms with van der Waals surface area (Å²) in [6.07, 6.45) is 4.55. The van der Waals surface area contributed by atoms with E-state index in [0.29, 0.717) is 11.3 Å². The molecule has 0 radical (unpaired) electrons. The largest absolute Gasteiger partial charge is 0.466 e. The lowest BCUT2D eigenvalue weighted by Gasteiger charge is -2.18. The second-order valence-corrected chi connectivity index (χ2v) is 6.68. The fourth-order valence-corrected chi connectivity index (χ4v) is 3.55. The van der Waals surface area contributed by atoms with Crippen molar-refractivity contribution in [2.24, 2.45) is 0 Å². The van der Waals surface area contributed by atoms with Gasteiger partial charge in [-0.2, -0.15) is 0 Å². The number of imide groups is 1. The van der Waals surface area contributed by atoms with Crippen LogP contribution in [0.25, 0.3) is 0 Å². The molecule has 25 heavy (non-hydrogen) atoms. The van der Waals surface area contributed by atoms with Crippen molar-refractivity contribution in [3.05, 3.63) is 59.0 Å². The maximum atomic E-state index is 12.7. The van der Waals surface area contributed by atoms with E-state index in [1.807, 2.05) is 12.1 Å². The Labute approximate surface area is 144 Å². The van der Waals surface area contributed by atoms with E-state index in [1.54, 1.807) is 25.1 Å². The van der Waals surface area contributed by atoms with Gasteiger partial charge in [0.15, 0.2) is 11.3 Å². The molecule has 2 heterocycles. The molecule has 3 amide bonds. The predicted octanol–water partition coefficient (Wildman–Crippen LogP) is 2.42. The lowest BCUT2D eigenvalue weighted by molar-refractivity contribution is -0.131. The third-order valence-corrected chi connectivity index (χ3v) is 5.01. The second-order valence-electron chi connectivity index (χ2n) is 6.68. The Hall–Kier alpha value is -2.89. The molecule has 1 saturated heterocycles. The number of ketones is 1. The smallest absolute Gasteiger partial charge is 0.325 e. The molecule has 6 nitrogen and oxygen atoms in total. The van der Waals surface area contributed by atoms with E-state index in [2.05, 4.69) is 5.32 Å². The molecule has 1 aliphatic heterocycles. The second kappa shape index (κ2) is 5.58. The Morgan fingerprint density at radius 2 is 2.04 bits per heavy atom. The molecular weight excluding hydrogens is 320 g/mol. The molecule has 0 bridgehead atoms. The van der Waals surface area contributed by atoms with Crippen LogP contribution in [0.15, 0.2) is 41.0 Å². The SMILES string of the molecule is CC1(c2ccco2)NC(=O)N(CC(=O)c2ccc3c(c2)CCC3)C1=O. The number of amides is 3. The van der Waals surface area contributed by atoms with Gasteiger partial charge in [-0.25, -0.2) is 4.79 Å². The van der Waals surface area contributed by atoms with Crippen molar-refractivity contribution in [2.75, 3.05) is 6.54 Å². The minimum atomic E-state index is -1.28. The number of carbonyl (C=O) groups excluding carboxylic acids is 3. The first-order valence-electron chi connectivity index (χ1n) is 8.32. The lowest BCUT2D eigenvalue weighted by atomic mass is 9.99. The first kappa shape index (κ1) is 15.6. The first-order chi connectivity index (χ1) is 12.0. The van der Waals surface area contributed by atoms with Crippen LogP contribution in [-0.4, -0.2) is 29.2 Å². The van der Waals surface area contributed by atoms with Gasteiger partial charge >= 0.3 is 6.03 Å². The normalized spacial score (nSPS) is 22.2. The minimum absolute atomic E-state index is 0.248. The molecule has 1 aromatic heterocycles. The number of aryl methyl sites for hydroxylation is 2. The van der Waals surface area contributed by atoms with Crippen LogP contribution in [0, 0.1) is 0 Å². The Bertz CT molecular complexity index is 872. The highest BCUT2D eigenvalue weighted by atomic mass is 16.3. The molecular formula is C19H18N2O4. The number of hydrogen-bond acceptors (Lipinski definition) is 4. The molecule has 1 N–H and O–H groups in total. The molecule has 1 aromatic carbocycles. The summed E-state index contributed by atoms with van der Waals surface area (Å²) in [7, 11) is 0. The van der Waals surface area contributed by atoms with Gasteiger partial charge < -0.3 is 9.73 Å². The molecule has 128 valence electrons. The van der Waals surface area contributed by atoms with Gasteiger partial charge in [0, 0.05) is 5.56 Å². The summed E-state index contributed by atoms with van der Waals surface area (Å²) in [5.41, 5.74) is 1.71. The Balaban J connectivity index is 1.55. The van der Waals surface area contributed by atoms with Crippen LogP contribution in [0.5, 0.6) is 0 Å². The maximum absolute atomic E-state index is 12.7. The average molecular weight is 338 g/mol. The quantitative estimate of drug-likeness (QED) is 0.686. The zero-order chi connectivity index (χ0) is 17.6. The van der Waals surface area contributed by atoms with E-state index in [-0.39, 0.29) is 12.3 Å². The summed E-state index contributed by atoms with van der Waals surface area (Å²) >= 11 is 0. The molecule has 1 aliphatic carbocycles. The number of nitrogens with zero attached hydrogens (tertiary/aromatic N) is 1. The number of fused-ring (bicyclic) bond motifs is 1. The van der Waals surface area contributed by atoms with Gasteiger partial charge in [0.25, 0.3) is 5.91 Å². The molecule has 0 spiro atoms. The number of nitrogens with one attached hydrogen (secondary N) is 1. The van der Waals surface area contributed by atoms with Crippen molar-refractivity contribution < 1.29 is 18.8 Å². The molecule has 1 atom stereocenters. The van der Waals surface area contributed by atoms with Gasteiger partial charge in [0.1, 0.15) is 5.76 Å². The van der Waals surface area contributed by atoms with Gasteiger partial charge in [-0.1, -0.05) is 12.1 Å². The van der Waals surface area contributed by atoms with E-state index in [4.69, 9.17) is 4.42 Å². The standard InChI is InChI=1S/C19H18N2O4/c1-19(16-6-3-9-25-16)17(23)21(18(24)20-19)11-15(22)14-8-7-12-4-2-5-13(12)10-14/h3,6-10H,2,4-5,11H2,1H3,(H,20,24). The van der Waals surface area contributed by atoms with Crippen LogP contribution in [0.3, 0.4) is 0 Å². The highest BCUT2D eigenvalue weighted by Gasteiger charge is 2.51. The first-order valence-corrected chi connectivity index (χ1v) is 8.32. The van der Waals surface area contributed by atoms with Crippen molar-refractivity contribution >= 4 is 17.7 Å². The number of urea groups is 1. The number of furan rings is 1. The van der Waals surface area contributed by atoms with E-state index >= 15 is 0 Å². The molecule has 2 aliphatic rings. The number of carbonyl (C=O) groups is 3. The van der Waals surface area contributed by atoms with Crippen molar-refractivity contribution in [3.63, 3.8) is 0 Å². The Kier molecular flexibility index (Phi) is 3.49. The topological polar surface area (TPSA) is 79.6 Å². The summed E-state index contributed by atoms with van der Waals surface area (Å²) in [6.45, 7) is 1.30. The van der Waals surface area contributed by atoms with Gasteiger partial charge in [-0.05, 0) is 55.5 Å². The molecule has 2 aromatic rings. The number of rotatable bonds is 4. The van der Waals surface area contributed by atoms with E-state index < -0.39 is 17.5 Å². The molecule has 1 unspecified atom stereocenters. The van der Waals surface area contributed by atoms with Gasteiger partial charge in [0.2, 0.25) is 0 Å².